The maximum atomic E-state index is 12.3. The van der Waals surface area contributed by atoms with Crippen molar-refractivity contribution in [3.8, 4) is 0 Å². The third-order valence-electron chi connectivity index (χ3n) is 4.73. The van der Waals surface area contributed by atoms with Crippen molar-refractivity contribution in [2.24, 2.45) is 11.7 Å². The molecule has 116 valence electrons. The minimum absolute atomic E-state index is 0.163. The van der Waals surface area contributed by atoms with Gasteiger partial charge in [0.1, 0.15) is 0 Å². The largest absolute Gasteiger partial charge is 0.341 e. The summed E-state index contributed by atoms with van der Waals surface area (Å²) in [5.41, 5.74) is 6.02. The lowest BCUT2D eigenvalue weighted by Gasteiger charge is -2.40. The van der Waals surface area contributed by atoms with Crippen molar-refractivity contribution >= 4 is 5.91 Å². The zero-order valence-corrected chi connectivity index (χ0v) is 13.2. The summed E-state index contributed by atoms with van der Waals surface area (Å²) >= 11 is 0. The van der Waals surface area contributed by atoms with Crippen LogP contribution in [0.2, 0.25) is 0 Å². The molecule has 2 aliphatic rings. The molecule has 0 bridgehead atoms. The zero-order chi connectivity index (χ0) is 14.5. The molecule has 0 aromatic carbocycles. The minimum Gasteiger partial charge on any atom is -0.341 e. The van der Waals surface area contributed by atoms with E-state index in [1.807, 2.05) is 4.90 Å². The Labute approximate surface area is 123 Å². The third kappa shape index (κ3) is 4.19. The number of nitrogens with two attached hydrogens (primary N) is 1. The number of hydrogen-bond donors (Lipinski definition) is 1. The van der Waals surface area contributed by atoms with Crippen LogP contribution in [0.4, 0.5) is 0 Å². The van der Waals surface area contributed by atoms with E-state index in [1.54, 1.807) is 0 Å². The molecule has 2 saturated heterocycles. The molecule has 1 amide bonds. The van der Waals surface area contributed by atoms with Gasteiger partial charge in [0.25, 0.3) is 0 Å². The maximum absolute atomic E-state index is 12.3. The van der Waals surface area contributed by atoms with Gasteiger partial charge in [-0.25, -0.2) is 0 Å². The fraction of sp³-hybridized carbons (Fsp3) is 0.938. The Hall–Kier alpha value is -0.610. The first-order chi connectivity index (χ1) is 9.58. The van der Waals surface area contributed by atoms with Gasteiger partial charge < -0.3 is 15.5 Å². The van der Waals surface area contributed by atoms with E-state index in [-0.39, 0.29) is 11.9 Å². The van der Waals surface area contributed by atoms with Crippen LogP contribution in [-0.4, -0.2) is 54.0 Å². The van der Waals surface area contributed by atoms with Crippen molar-refractivity contribution in [3.63, 3.8) is 0 Å². The normalized spacial score (nSPS) is 24.1. The van der Waals surface area contributed by atoms with E-state index >= 15 is 0 Å². The Morgan fingerprint density at radius 1 is 1.10 bits per heavy atom. The first-order valence-corrected chi connectivity index (χ1v) is 8.36. The lowest BCUT2D eigenvalue weighted by atomic mass is 9.98. The number of piperidine rings is 2. The summed E-state index contributed by atoms with van der Waals surface area (Å²) in [5.74, 6) is 0.649. The number of likely N-dealkylation sites (tertiary alicyclic amines) is 2. The van der Waals surface area contributed by atoms with Crippen molar-refractivity contribution in [3.05, 3.63) is 0 Å². The maximum Gasteiger partial charge on any atom is 0.239 e. The van der Waals surface area contributed by atoms with Crippen molar-refractivity contribution in [2.45, 2.75) is 64.5 Å². The quantitative estimate of drug-likeness (QED) is 0.855. The molecule has 0 saturated carbocycles. The minimum atomic E-state index is -0.304. The summed E-state index contributed by atoms with van der Waals surface area (Å²) < 4.78 is 0. The van der Waals surface area contributed by atoms with E-state index in [0.29, 0.717) is 12.0 Å². The van der Waals surface area contributed by atoms with E-state index in [1.165, 1.54) is 32.4 Å². The van der Waals surface area contributed by atoms with Crippen LogP contribution in [-0.2, 0) is 4.79 Å². The predicted octanol–water partition coefficient (Wildman–Crippen LogP) is 1.84. The molecular formula is C16H31N3O. The molecular weight excluding hydrogens is 250 g/mol. The summed E-state index contributed by atoms with van der Waals surface area (Å²) in [6, 6.07) is 0.391. The predicted molar refractivity (Wildman–Crippen MR) is 82.5 cm³/mol. The number of nitrogens with zero attached hydrogens (tertiary/aromatic N) is 2. The van der Waals surface area contributed by atoms with Gasteiger partial charge in [-0.05, 0) is 51.1 Å². The second-order valence-electron chi connectivity index (χ2n) is 6.89. The molecule has 4 heteroatoms. The van der Waals surface area contributed by atoms with Gasteiger partial charge in [-0.1, -0.05) is 20.3 Å². The van der Waals surface area contributed by atoms with Crippen LogP contribution in [0.15, 0.2) is 0 Å². The Morgan fingerprint density at radius 3 is 2.25 bits per heavy atom. The van der Waals surface area contributed by atoms with Crippen LogP contribution in [0.5, 0.6) is 0 Å². The lowest BCUT2D eigenvalue weighted by Crippen LogP contribution is -2.51. The second kappa shape index (κ2) is 7.41. The van der Waals surface area contributed by atoms with Gasteiger partial charge in [-0.15, -0.1) is 0 Å². The van der Waals surface area contributed by atoms with Crippen LogP contribution >= 0.6 is 0 Å². The van der Waals surface area contributed by atoms with E-state index in [0.717, 1.165) is 32.4 Å². The number of amides is 1. The second-order valence-corrected chi connectivity index (χ2v) is 6.89. The van der Waals surface area contributed by atoms with Crippen molar-refractivity contribution in [1.82, 2.24) is 9.80 Å². The first-order valence-electron chi connectivity index (χ1n) is 8.36. The summed E-state index contributed by atoms with van der Waals surface area (Å²) in [7, 11) is 0. The Kier molecular flexibility index (Phi) is 5.85. The molecule has 2 heterocycles. The van der Waals surface area contributed by atoms with Crippen molar-refractivity contribution < 1.29 is 4.79 Å². The summed E-state index contributed by atoms with van der Waals surface area (Å²) in [6.07, 6.45) is 7.12. The Morgan fingerprint density at radius 2 is 1.70 bits per heavy atom. The molecule has 0 unspecified atom stereocenters. The summed E-state index contributed by atoms with van der Waals surface area (Å²) in [4.78, 5) is 16.9. The molecule has 20 heavy (non-hydrogen) atoms. The fourth-order valence-corrected chi connectivity index (χ4v) is 3.58. The monoisotopic (exact) mass is 281 g/mol. The highest BCUT2D eigenvalue weighted by atomic mass is 16.2. The molecule has 0 aromatic heterocycles. The molecule has 0 radical (unpaired) electrons. The average molecular weight is 281 g/mol. The van der Waals surface area contributed by atoms with Crippen LogP contribution < -0.4 is 5.73 Å². The molecule has 0 aliphatic carbocycles. The molecule has 0 spiro atoms. The topological polar surface area (TPSA) is 49.6 Å². The molecule has 2 fully saturated rings. The van der Waals surface area contributed by atoms with Gasteiger partial charge in [0.15, 0.2) is 0 Å². The Bertz CT molecular complexity index is 305. The van der Waals surface area contributed by atoms with Gasteiger partial charge in [-0.2, -0.15) is 0 Å². The average Bonchev–Trinajstić information content (AvgIpc) is 2.47. The molecule has 4 nitrogen and oxygen atoms in total. The van der Waals surface area contributed by atoms with Crippen LogP contribution in [0.1, 0.15) is 52.4 Å². The smallest absolute Gasteiger partial charge is 0.239 e. The molecule has 2 rings (SSSR count). The Balaban J connectivity index is 1.77. The molecule has 2 aliphatic heterocycles. The van der Waals surface area contributed by atoms with Gasteiger partial charge in [-0.3, -0.25) is 4.79 Å². The number of rotatable bonds is 4. The molecule has 1 atom stereocenters. The van der Waals surface area contributed by atoms with Crippen molar-refractivity contribution in [2.75, 3.05) is 26.2 Å². The van der Waals surface area contributed by atoms with Crippen LogP contribution in [0, 0.1) is 5.92 Å². The van der Waals surface area contributed by atoms with E-state index < -0.39 is 0 Å². The SMILES string of the molecule is CC(C)C[C@@H](N)C(=O)N1CCC(N2CCCCC2)CC1. The standard InChI is InChI=1S/C16H31N3O/c1-13(2)12-15(17)16(20)19-10-6-14(7-11-19)18-8-4-3-5-9-18/h13-15H,3-12,17H2,1-2H3/t15-/m1/s1. The highest BCUT2D eigenvalue weighted by Crippen LogP contribution is 2.21. The van der Waals surface area contributed by atoms with Crippen LogP contribution in [0.25, 0.3) is 0 Å². The molecule has 0 aromatic rings. The van der Waals surface area contributed by atoms with E-state index in [2.05, 4.69) is 18.7 Å². The third-order valence-corrected chi connectivity index (χ3v) is 4.73. The van der Waals surface area contributed by atoms with Gasteiger partial charge in [0.05, 0.1) is 6.04 Å². The van der Waals surface area contributed by atoms with Gasteiger partial charge in [0, 0.05) is 19.1 Å². The van der Waals surface area contributed by atoms with Gasteiger partial charge >= 0.3 is 0 Å². The first kappa shape index (κ1) is 15.8. The van der Waals surface area contributed by atoms with Crippen molar-refractivity contribution in [1.29, 1.82) is 0 Å². The lowest BCUT2D eigenvalue weighted by molar-refractivity contribution is -0.134. The zero-order valence-electron chi connectivity index (χ0n) is 13.2. The van der Waals surface area contributed by atoms with E-state index in [4.69, 9.17) is 5.73 Å². The van der Waals surface area contributed by atoms with Gasteiger partial charge in [0.2, 0.25) is 5.91 Å². The number of carbonyl (C=O) groups excluding carboxylic acids is 1. The number of carbonyl (C=O) groups is 1. The fourth-order valence-electron chi connectivity index (χ4n) is 3.58. The highest BCUT2D eigenvalue weighted by molar-refractivity contribution is 5.81. The van der Waals surface area contributed by atoms with Crippen LogP contribution in [0.3, 0.4) is 0 Å². The summed E-state index contributed by atoms with van der Waals surface area (Å²) in [6.45, 7) is 8.54. The summed E-state index contributed by atoms with van der Waals surface area (Å²) in [5, 5.41) is 0. The highest BCUT2D eigenvalue weighted by Gasteiger charge is 2.29. The molecule has 2 N–H and O–H groups in total. The van der Waals surface area contributed by atoms with E-state index in [9.17, 15) is 4.79 Å². The number of hydrogen-bond acceptors (Lipinski definition) is 3.